The molecule has 8 nitrogen and oxygen atoms in total. The van der Waals surface area contributed by atoms with Gasteiger partial charge in [-0.25, -0.2) is 0 Å². The molecule has 1 aliphatic rings. The smallest absolute Gasteiger partial charge is 0.277 e. The van der Waals surface area contributed by atoms with Crippen molar-refractivity contribution in [1.29, 1.82) is 0 Å². The van der Waals surface area contributed by atoms with Crippen LogP contribution in [-0.2, 0) is 6.54 Å². The minimum absolute atomic E-state index is 0.225. The fourth-order valence-corrected chi connectivity index (χ4v) is 3.36. The summed E-state index contributed by atoms with van der Waals surface area (Å²) in [6.45, 7) is 3.89. The Morgan fingerprint density at radius 1 is 1.32 bits per heavy atom. The second-order valence-electron chi connectivity index (χ2n) is 7.08. The molecule has 1 fully saturated rings. The van der Waals surface area contributed by atoms with Crippen molar-refractivity contribution in [3.63, 3.8) is 0 Å². The molecular formula is C20H23N5O3. The van der Waals surface area contributed by atoms with Gasteiger partial charge in [0.25, 0.3) is 5.91 Å². The number of carbonyl (C=O) groups is 1. The number of hydrogen-bond donors (Lipinski definition) is 2. The Balaban J connectivity index is 1.45. The molecule has 1 aromatic carbocycles. The van der Waals surface area contributed by atoms with Crippen LogP contribution in [0.4, 0.5) is 11.4 Å². The Kier molecular flexibility index (Phi) is 5.12. The van der Waals surface area contributed by atoms with E-state index < -0.39 is 0 Å². The van der Waals surface area contributed by atoms with E-state index >= 15 is 0 Å². The van der Waals surface area contributed by atoms with Gasteiger partial charge in [0.15, 0.2) is 11.5 Å². The summed E-state index contributed by atoms with van der Waals surface area (Å²) < 4.78 is 7.02. The maximum atomic E-state index is 12.7. The molecule has 146 valence electrons. The summed E-state index contributed by atoms with van der Waals surface area (Å²) in [5, 5.41) is 20.8. The van der Waals surface area contributed by atoms with E-state index in [4.69, 9.17) is 4.52 Å². The van der Waals surface area contributed by atoms with Crippen LogP contribution < -0.4 is 10.2 Å². The molecule has 4 rings (SSSR count). The van der Waals surface area contributed by atoms with Crippen LogP contribution >= 0.6 is 0 Å². The lowest BCUT2D eigenvalue weighted by atomic mass is 10.1. The number of para-hydroxylation sites is 2. The van der Waals surface area contributed by atoms with Crippen LogP contribution in [0, 0.1) is 6.92 Å². The Bertz CT molecular complexity index is 956. The van der Waals surface area contributed by atoms with Gasteiger partial charge in [0.1, 0.15) is 6.54 Å². The lowest BCUT2D eigenvalue weighted by Crippen LogP contribution is -2.36. The van der Waals surface area contributed by atoms with Crippen LogP contribution in [0.2, 0.25) is 0 Å². The average Bonchev–Trinajstić information content (AvgIpc) is 3.32. The average molecular weight is 381 g/mol. The molecule has 0 saturated carbocycles. The first-order valence-electron chi connectivity index (χ1n) is 9.36. The molecule has 0 radical (unpaired) electrons. The summed E-state index contributed by atoms with van der Waals surface area (Å²) in [5.41, 5.74) is 2.94. The zero-order valence-electron chi connectivity index (χ0n) is 15.7. The highest BCUT2D eigenvalue weighted by Gasteiger charge is 2.21. The summed E-state index contributed by atoms with van der Waals surface area (Å²) in [6, 6.07) is 9.29. The van der Waals surface area contributed by atoms with Crippen molar-refractivity contribution < 1.29 is 14.4 Å². The maximum Gasteiger partial charge on any atom is 0.277 e. The third-order valence-electron chi connectivity index (χ3n) is 4.83. The molecule has 3 heterocycles. The number of benzene rings is 1. The number of aryl methyl sites for hydroxylation is 1. The molecule has 1 saturated heterocycles. The standard InChI is InChI=1S/C20H23N5O3/c1-14-11-21-25(12-14)13-16-10-18(23-28-16)20(27)22-17-4-2-3-5-19(17)24-8-6-15(26)7-9-24/h2-5,10-12,15,26H,6-9,13H2,1H3,(H,22,27). The number of rotatable bonds is 5. The van der Waals surface area contributed by atoms with E-state index in [1.807, 2.05) is 37.4 Å². The zero-order chi connectivity index (χ0) is 19.5. The molecule has 28 heavy (non-hydrogen) atoms. The number of anilines is 2. The Labute approximate surface area is 162 Å². The third-order valence-corrected chi connectivity index (χ3v) is 4.83. The number of hydrogen-bond acceptors (Lipinski definition) is 6. The van der Waals surface area contributed by atoms with Gasteiger partial charge in [-0.2, -0.15) is 5.10 Å². The molecule has 1 aliphatic heterocycles. The molecule has 0 bridgehead atoms. The Morgan fingerprint density at radius 3 is 2.86 bits per heavy atom. The molecule has 1 amide bonds. The molecular weight excluding hydrogens is 358 g/mol. The first-order chi connectivity index (χ1) is 13.6. The fourth-order valence-electron chi connectivity index (χ4n) is 3.36. The summed E-state index contributed by atoms with van der Waals surface area (Å²) in [7, 11) is 0. The molecule has 0 atom stereocenters. The maximum absolute atomic E-state index is 12.7. The van der Waals surface area contributed by atoms with Crippen molar-refractivity contribution in [2.24, 2.45) is 0 Å². The van der Waals surface area contributed by atoms with Crippen LogP contribution in [-0.4, -0.2) is 45.1 Å². The predicted octanol–water partition coefficient (Wildman–Crippen LogP) is 2.44. The number of aromatic nitrogens is 3. The van der Waals surface area contributed by atoms with Crippen LogP contribution in [0.3, 0.4) is 0 Å². The van der Waals surface area contributed by atoms with E-state index in [-0.39, 0.29) is 17.7 Å². The molecule has 0 unspecified atom stereocenters. The summed E-state index contributed by atoms with van der Waals surface area (Å²) in [6.07, 6.45) is 4.86. The number of piperidine rings is 1. The van der Waals surface area contributed by atoms with Gasteiger partial charge in [-0.15, -0.1) is 0 Å². The van der Waals surface area contributed by atoms with Gasteiger partial charge in [-0.05, 0) is 37.5 Å². The lowest BCUT2D eigenvalue weighted by molar-refractivity contribution is 0.101. The van der Waals surface area contributed by atoms with Gasteiger partial charge in [0.05, 0.1) is 23.7 Å². The summed E-state index contributed by atoms with van der Waals surface area (Å²) in [5.74, 6) is 0.239. The lowest BCUT2D eigenvalue weighted by Gasteiger charge is -2.32. The minimum Gasteiger partial charge on any atom is -0.393 e. The number of nitrogens with one attached hydrogen (secondary N) is 1. The number of nitrogens with zero attached hydrogens (tertiary/aromatic N) is 4. The van der Waals surface area contributed by atoms with Crippen molar-refractivity contribution >= 4 is 17.3 Å². The van der Waals surface area contributed by atoms with Crippen molar-refractivity contribution in [1.82, 2.24) is 14.9 Å². The summed E-state index contributed by atoms with van der Waals surface area (Å²) in [4.78, 5) is 14.8. The van der Waals surface area contributed by atoms with Crippen molar-refractivity contribution in [2.75, 3.05) is 23.3 Å². The van der Waals surface area contributed by atoms with E-state index in [9.17, 15) is 9.90 Å². The first kappa shape index (κ1) is 18.2. The number of aliphatic hydroxyl groups is 1. The SMILES string of the molecule is Cc1cnn(Cc2cc(C(=O)Nc3ccccc3N3CCC(O)CC3)no2)c1. The van der Waals surface area contributed by atoms with E-state index in [0.29, 0.717) is 12.3 Å². The number of amides is 1. The van der Waals surface area contributed by atoms with Gasteiger partial charge in [-0.3, -0.25) is 9.48 Å². The second kappa shape index (κ2) is 7.85. The van der Waals surface area contributed by atoms with E-state index in [0.717, 1.165) is 42.9 Å². The highest BCUT2D eigenvalue weighted by atomic mass is 16.5. The predicted molar refractivity (Wildman–Crippen MR) is 104 cm³/mol. The number of carbonyl (C=O) groups excluding carboxylic acids is 1. The third kappa shape index (κ3) is 4.07. The van der Waals surface area contributed by atoms with Crippen LogP contribution in [0.15, 0.2) is 47.2 Å². The minimum atomic E-state index is -0.323. The molecule has 0 spiro atoms. The molecule has 2 N–H and O–H groups in total. The van der Waals surface area contributed by atoms with E-state index in [1.165, 1.54) is 0 Å². The normalized spacial score (nSPS) is 15.0. The highest BCUT2D eigenvalue weighted by molar-refractivity contribution is 6.04. The quantitative estimate of drug-likeness (QED) is 0.705. The monoisotopic (exact) mass is 381 g/mol. The second-order valence-corrected chi connectivity index (χ2v) is 7.08. The Morgan fingerprint density at radius 2 is 2.11 bits per heavy atom. The van der Waals surface area contributed by atoms with Gasteiger partial charge in [0.2, 0.25) is 0 Å². The molecule has 8 heteroatoms. The van der Waals surface area contributed by atoms with Crippen molar-refractivity contribution in [2.45, 2.75) is 32.4 Å². The summed E-state index contributed by atoms with van der Waals surface area (Å²) >= 11 is 0. The molecule has 3 aromatic rings. The van der Waals surface area contributed by atoms with Gasteiger partial charge >= 0.3 is 0 Å². The van der Waals surface area contributed by atoms with Crippen LogP contribution in [0.5, 0.6) is 0 Å². The Hall–Kier alpha value is -3.13. The van der Waals surface area contributed by atoms with Crippen molar-refractivity contribution in [3.8, 4) is 0 Å². The number of aliphatic hydroxyl groups excluding tert-OH is 1. The van der Waals surface area contributed by atoms with Gasteiger partial charge in [-0.1, -0.05) is 17.3 Å². The molecule has 0 aliphatic carbocycles. The van der Waals surface area contributed by atoms with Gasteiger partial charge < -0.3 is 19.8 Å². The fraction of sp³-hybridized carbons (Fsp3) is 0.350. The topological polar surface area (TPSA) is 96.4 Å². The zero-order valence-corrected chi connectivity index (χ0v) is 15.7. The van der Waals surface area contributed by atoms with Crippen molar-refractivity contribution in [3.05, 3.63) is 59.7 Å². The first-order valence-corrected chi connectivity index (χ1v) is 9.36. The van der Waals surface area contributed by atoms with Crippen LogP contribution in [0.25, 0.3) is 0 Å². The molecule has 2 aromatic heterocycles. The van der Waals surface area contributed by atoms with Gasteiger partial charge in [0, 0.05) is 25.4 Å². The highest BCUT2D eigenvalue weighted by Crippen LogP contribution is 2.28. The van der Waals surface area contributed by atoms with E-state index in [2.05, 4.69) is 20.5 Å². The van der Waals surface area contributed by atoms with Crippen LogP contribution in [0.1, 0.15) is 34.7 Å². The van der Waals surface area contributed by atoms with E-state index in [1.54, 1.807) is 16.9 Å². The largest absolute Gasteiger partial charge is 0.393 e.